The van der Waals surface area contributed by atoms with E-state index in [9.17, 15) is 9.59 Å². The number of carbonyl (C=O) groups excluding carboxylic acids is 2. The van der Waals surface area contributed by atoms with E-state index in [1.807, 2.05) is 71.3 Å². The summed E-state index contributed by atoms with van der Waals surface area (Å²) in [4.78, 5) is 24.1. The smallest absolute Gasteiger partial charge is 0.216 e. The highest BCUT2D eigenvalue weighted by Crippen LogP contribution is 2.25. The van der Waals surface area contributed by atoms with Gasteiger partial charge in [0.1, 0.15) is 5.82 Å². The van der Waals surface area contributed by atoms with Gasteiger partial charge in [0.25, 0.3) is 0 Å². The molecule has 33 heavy (non-hydrogen) atoms. The third-order valence-corrected chi connectivity index (χ3v) is 6.79. The number of carbonyl (C=O) groups is 2. The minimum atomic E-state index is -0.0439. The maximum Gasteiger partial charge on any atom is 0.216 e. The Balaban J connectivity index is 1.52. The zero-order chi connectivity index (χ0) is 23.2. The molecule has 8 heteroatoms. The molecule has 0 atom stereocenters. The molecule has 1 heterocycles. The molecular weight excluding hydrogens is 547 g/mol. The van der Waals surface area contributed by atoms with Gasteiger partial charge in [-0.15, -0.1) is 10.2 Å². The minimum Gasteiger partial charge on any atom is -0.356 e. The monoisotopic (exact) mass is 570 g/mol. The number of aryl methyl sites for hydroxylation is 1. The van der Waals surface area contributed by atoms with Crippen LogP contribution < -0.4 is 5.32 Å². The molecule has 6 nitrogen and oxygen atoms in total. The summed E-state index contributed by atoms with van der Waals surface area (Å²) < 4.78 is 3.14. The number of nitrogens with zero attached hydrogens (tertiary/aromatic N) is 3. The number of halogens is 1. The van der Waals surface area contributed by atoms with Gasteiger partial charge in [0.15, 0.2) is 10.9 Å². The molecule has 0 radical (unpaired) electrons. The number of aromatic nitrogens is 3. The quantitative estimate of drug-likeness (QED) is 0.132. The number of amides is 1. The van der Waals surface area contributed by atoms with Crippen LogP contribution in [-0.4, -0.2) is 38.8 Å². The van der Waals surface area contributed by atoms with Crippen LogP contribution in [0.1, 0.15) is 29.5 Å². The number of rotatable bonds is 9. The first kappa shape index (κ1) is 23.4. The van der Waals surface area contributed by atoms with Crippen molar-refractivity contribution in [2.75, 3.05) is 12.3 Å². The van der Waals surface area contributed by atoms with Gasteiger partial charge in [-0.1, -0.05) is 48.2 Å². The largest absolute Gasteiger partial charge is 0.356 e. The van der Waals surface area contributed by atoms with E-state index in [-0.39, 0.29) is 17.4 Å². The van der Waals surface area contributed by atoms with Gasteiger partial charge in [-0.05, 0) is 70.1 Å². The Morgan fingerprint density at radius 2 is 1.76 bits per heavy atom. The zero-order valence-electron chi connectivity index (χ0n) is 18.1. The van der Waals surface area contributed by atoms with E-state index >= 15 is 0 Å². The third-order valence-electron chi connectivity index (χ3n) is 5.14. The van der Waals surface area contributed by atoms with Gasteiger partial charge >= 0.3 is 0 Å². The van der Waals surface area contributed by atoms with Crippen LogP contribution in [0.3, 0.4) is 0 Å². The summed E-state index contributed by atoms with van der Waals surface area (Å²) in [6.07, 6.45) is 1.42. The van der Waals surface area contributed by atoms with Gasteiger partial charge in [0.05, 0.1) is 5.75 Å². The van der Waals surface area contributed by atoms with E-state index in [1.165, 1.54) is 18.7 Å². The van der Waals surface area contributed by atoms with Crippen LogP contribution in [0.4, 0.5) is 0 Å². The molecule has 1 aromatic heterocycles. The van der Waals surface area contributed by atoms with Crippen molar-refractivity contribution in [2.24, 2.45) is 0 Å². The van der Waals surface area contributed by atoms with Gasteiger partial charge in [0.2, 0.25) is 5.91 Å². The molecular formula is C25H23IN4O2S. The Labute approximate surface area is 210 Å². The van der Waals surface area contributed by atoms with Crippen molar-refractivity contribution in [2.45, 2.75) is 24.9 Å². The molecule has 0 saturated carbocycles. The Kier molecular flexibility index (Phi) is 7.77. The summed E-state index contributed by atoms with van der Waals surface area (Å²) in [5.41, 5.74) is 1.65. The maximum atomic E-state index is 12.9. The Morgan fingerprint density at radius 1 is 1.00 bits per heavy atom. The highest BCUT2D eigenvalue weighted by molar-refractivity contribution is 14.1. The molecule has 3 aromatic carbocycles. The van der Waals surface area contributed by atoms with Crippen LogP contribution in [0, 0.1) is 3.57 Å². The number of ketones is 1. The van der Waals surface area contributed by atoms with E-state index in [0.29, 0.717) is 23.7 Å². The second-order valence-electron chi connectivity index (χ2n) is 7.57. The highest BCUT2D eigenvalue weighted by Gasteiger charge is 2.17. The molecule has 4 rings (SSSR count). The van der Waals surface area contributed by atoms with Crippen molar-refractivity contribution in [3.05, 3.63) is 81.7 Å². The van der Waals surface area contributed by atoms with Crippen LogP contribution in [0.15, 0.2) is 71.9 Å². The number of nitrogens with one attached hydrogen (secondary N) is 1. The SMILES string of the molecule is CC(=O)NCCCc1nnc(SCC(=O)c2ccc3ccccc3c2)n1-c1ccc(I)cc1. The van der Waals surface area contributed by atoms with Crippen molar-refractivity contribution in [3.63, 3.8) is 0 Å². The third kappa shape index (κ3) is 6.00. The lowest BCUT2D eigenvalue weighted by Gasteiger charge is -2.11. The van der Waals surface area contributed by atoms with Gasteiger partial charge in [0, 0.05) is 34.7 Å². The molecule has 0 aliphatic rings. The van der Waals surface area contributed by atoms with Crippen LogP contribution >= 0.6 is 34.4 Å². The predicted octanol–water partition coefficient (Wildman–Crippen LogP) is 5.07. The molecule has 168 valence electrons. The first-order valence-electron chi connectivity index (χ1n) is 10.6. The van der Waals surface area contributed by atoms with Crippen LogP contribution in [0.5, 0.6) is 0 Å². The van der Waals surface area contributed by atoms with Gasteiger partial charge in [-0.2, -0.15) is 0 Å². The Hall–Kier alpha value is -2.72. The topological polar surface area (TPSA) is 76.9 Å². The number of fused-ring (bicyclic) bond motifs is 1. The summed E-state index contributed by atoms with van der Waals surface area (Å²) >= 11 is 3.66. The summed E-state index contributed by atoms with van der Waals surface area (Å²) in [6, 6.07) is 21.9. The molecule has 0 bridgehead atoms. The van der Waals surface area contributed by atoms with E-state index in [0.717, 1.165) is 32.3 Å². The standard InChI is InChI=1S/C25H23IN4O2S/c1-17(31)27-14-4-7-24-28-29-25(30(24)22-12-10-21(26)11-13-22)33-16-23(32)20-9-8-18-5-2-3-6-19(18)15-20/h2-3,5-6,8-13,15H,4,7,14,16H2,1H3,(H,27,31). The first-order chi connectivity index (χ1) is 16.0. The summed E-state index contributed by atoms with van der Waals surface area (Å²) in [5, 5.41) is 14.4. The minimum absolute atomic E-state index is 0.0439. The number of thioether (sulfide) groups is 1. The fourth-order valence-electron chi connectivity index (χ4n) is 3.49. The lowest BCUT2D eigenvalue weighted by atomic mass is 10.1. The van der Waals surface area contributed by atoms with Crippen LogP contribution in [0.25, 0.3) is 16.5 Å². The number of benzene rings is 3. The average Bonchev–Trinajstić information content (AvgIpc) is 3.23. The Morgan fingerprint density at radius 3 is 2.52 bits per heavy atom. The van der Waals surface area contributed by atoms with Gasteiger partial charge in [-0.3, -0.25) is 14.2 Å². The number of Topliss-reactive ketones (excluding diaryl/α,β-unsaturated/α-hetero) is 1. The molecule has 0 aliphatic heterocycles. The van der Waals surface area contributed by atoms with Gasteiger partial charge in [-0.25, -0.2) is 0 Å². The summed E-state index contributed by atoms with van der Waals surface area (Å²) in [5.74, 6) is 1.09. The van der Waals surface area contributed by atoms with Crippen molar-refractivity contribution in [1.29, 1.82) is 0 Å². The van der Waals surface area contributed by atoms with E-state index < -0.39 is 0 Å². The zero-order valence-corrected chi connectivity index (χ0v) is 21.1. The summed E-state index contributed by atoms with van der Waals surface area (Å²) in [7, 11) is 0. The van der Waals surface area contributed by atoms with E-state index in [2.05, 4.69) is 38.1 Å². The molecule has 0 saturated heterocycles. The first-order valence-corrected chi connectivity index (χ1v) is 12.7. The van der Waals surface area contributed by atoms with Crippen molar-refractivity contribution >= 4 is 56.8 Å². The summed E-state index contributed by atoms with van der Waals surface area (Å²) in [6.45, 7) is 2.09. The lowest BCUT2D eigenvalue weighted by Crippen LogP contribution is -2.21. The van der Waals surface area contributed by atoms with Crippen molar-refractivity contribution in [1.82, 2.24) is 20.1 Å². The molecule has 1 N–H and O–H groups in total. The molecule has 0 unspecified atom stereocenters. The number of hydrogen-bond donors (Lipinski definition) is 1. The van der Waals surface area contributed by atoms with E-state index in [4.69, 9.17) is 0 Å². The number of hydrogen-bond acceptors (Lipinski definition) is 5. The maximum absolute atomic E-state index is 12.9. The normalized spacial score (nSPS) is 11.0. The fourth-order valence-corrected chi connectivity index (χ4v) is 4.72. The molecule has 0 fully saturated rings. The van der Waals surface area contributed by atoms with Gasteiger partial charge < -0.3 is 5.32 Å². The average molecular weight is 570 g/mol. The van der Waals surface area contributed by atoms with Crippen molar-refractivity contribution < 1.29 is 9.59 Å². The fraction of sp³-hybridized carbons (Fsp3) is 0.200. The molecule has 0 aliphatic carbocycles. The second kappa shape index (κ2) is 10.9. The molecule has 0 spiro atoms. The highest BCUT2D eigenvalue weighted by atomic mass is 127. The Bertz CT molecular complexity index is 1290. The second-order valence-corrected chi connectivity index (χ2v) is 9.76. The molecule has 4 aromatic rings. The predicted molar refractivity (Wildman–Crippen MR) is 140 cm³/mol. The van der Waals surface area contributed by atoms with Crippen molar-refractivity contribution in [3.8, 4) is 5.69 Å². The lowest BCUT2D eigenvalue weighted by molar-refractivity contribution is -0.118. The van der Waals surface area contributed by atoms with Crippen LogP contribution in [-0.2, 0) is 11.2 Å². The molecule has 1 amide bonds. The van der Waals surface area contributed by atoms with E-state index in [1.54, 1.807) is 0 Å². The van der Waals surface area contributed by atoms with Crippen LogP contribution in [0.2, 0.25) is 0 Å².